The predicted octanol–water partition coefficient (Wildman–Crippen LogP) is 4.04. The Balaban J connectivity index is 1.63. The minimum Gasteiger partial charge on any atom is -0.325 e. The number of halogens is 1. The van der Waals surface area contributed by atoms with Gasteiger partial charge in [-0.05, 0) is 37.3 Å². The molecule has 0 bridgehead atoms. The molecular formula is C17H15ClN4OS. The summed E-state index contributed by atoms with van der Waals surface area (Å²) < 4.78 is 1.68. The Kier molecular flexibility index (Phi) is 5.17. The van der Waals surface area contributed by atoms with Crippen LogP contribution in [0.3, 0.4) is 0 Å². The molecule has 0 radical (unpaired) electrons. The van der Waals surface area contributed by atoms with Crippen LogP contribution < -0.4 is 5.32 Å². The SMILES string of the molecule is C[C@@H](Sc1ncn(-c2ccccc2)n1)C(=O)Nc1cccc(Cl)c1. The van der Waals surface area contributed by atoms with Crippen molar-refractivity contribution in [2.24, 2.45) is 0 Å². The molecule has 1 amide bonds. The summed E-state index contributed by atoms with van der Waals surface area (Å²) in [5.74, 6) is -0.127. The Labute approximate surface area is 149 Å². The van der Waals surface area contributed by atoms with Gasteiger partial charge in [0, 0.05) is 10.7 Å². The van der Waals surface area contributed by atoms with Crippen molar-refractivity contribution in [3.8, 4) is 5.69 Å². The van der Waals surface area contributed by atoms with E-state index in [0.717, 1.165) is 5.69 Å². The highest BCUT2D eigenvalue weighted by molar-refractivity contribution is 8.00. The van der Waals surface area contributed by atoms with Crippen molar-refractivity contribution in [3.63, 3.8) is 0 Å². The summed E-state index contributed by atoms with van der Waals surface area (Å²) in [5.41, 5.74) is 1.59. The first-order valence-corrected chi connectivity index (χ1v) is 8.58. The molecule has 1 N–H and O–H groups in total. The van der Waals surface area contributed by atoms with E-state index < -0.39 is 0 Å². The molecule has 0 unspecified atom stereocenters. The highest BCUT2D eigenvalue weighted by atomic mass is 35.5. The lowest BCUT2D eigenvalue weighted by Crippen LogP contribution is -2.22. The number of para-hydroxylation sites is 1. The van der Waals surface area contributed by atoms with Crippen molar-refractivity contribution < 1.29 is 4.79 Å². The van der Waals surface area contributed by atoms with Crippen molar-refractivity contribution in [1.82, 2.24) is 14.8 Å². The largest absolute Gasteiger partial charge is 0.325 e. The lowest BCUT2D eigenvalue weighted by Gasteiger charge is -2.10. The Morgan fingerprint density at radius 3 is 2.75 bits per heavy atom. The Hall–Kier alpha value is -2.31. The number of carbonyl (C=O) groups is 1. The number of rotatable bonds is 5. The number of thioether (sulfide) groups is 1. The van der Waals surface area contributed by atoms with Crippen LogP contribution in [-0.4, -0.2) is 25.9 Å². The number of anilines is 1. The summed E-state index contributed by atoms with van der Waals surface area (Å²) in [6.07, 6.45) is 1.64. The molecule has 1 heterocycles. The molecule has 0 aliphatic carbocycles. The van der Waals surface area contributed by atoms with E-state index in [0.29, 0.717) is 15.9 Å². The summed E-state index contributed by atoms with van der Waals surface area (Å²) in [7, 11) is 0. The fourth-order valence-corrected chi connectivity index (χ4v) is 2.94. The van der Waals surface area contributed by atoms with Crippen LogP contribution in [0.5, 0.6) is 0 Å². The number of nitrogens with zero attached hydrogens (tertiary/aromatic N) is 3. The van der Waals surface area contributed by atoms with Gasteiger partial charge in [0.25, 0.3) is 0 Å². The molecule has 3 aromatic rings. The summed E-state index contributed by atoms with van der Waals surface area (Å²) in [6.45, 7) is 1.81. The molecule has 2 aromatic carbocycles. The van der Waals surface area contributed by atoms with Crippen LogP contribution in [-0.2, 0) is 4.79 Å². The topological polar surface area (TPSA) is 59.8 Å². The summed E-state index contributed by atoms with van der Waals surface area (Å²) in [5, 5.41) is 8.02. The summed E-state index contributed by atoms with van der Waals surface area (Å²) in [4.78, 5) is 16.5. The maximum Gasteiger partial charge on any atom is 0.237 e. The first kappa shape index (κ1) is 16.5. The number of hydrogen-bond acceptors (Lipinski definition) is 4. The van der Waals surface area contributed by atoms with Crippen LogP contribution >= 0.6 is 23.4 Å². The fourth-order valence-electron chi connectivity index (χ4n) is 2.03. The van der Waals surface area contributed by atoms with Gasteiger partial charge in [0.05, 0.1) is 10.9 Å². The van der Waals surface area contributed by atoms with Crippen LogP contribution in [0, 0.1) is 0 Å². The highest BCUT2D eigenvalue weighted by Gasteiger charge is 2.17. The average molecular weight is 359 g/mol. The third kappa shape index (κ3) is 4.15. The van der Waals surface area contributed by atoms with E-state index >= 15 is 0 Å². The van der Waals surface area contributed by atoms with Gasteiger partial charge in [0.15, 0.2) is 0 Å². The van der Waals surface area contributed by atoms with Crippen molar-refractivity contribution in [2.45, 2.75) is 17.3 Å². The van der Waals surface area contributed by atoms with E-state index in [1.807, 2.05) is 37.3 Å². The third-order valence-electron chi connectivity index (χ3n) is 3.24. The van der Waals surface area contributed by atoms with Gasteiger partial charge in [-0.15, -0.1) is 5.10 Å². The number of aromatic nitrogens is 3. The molecule has 7 heteroatoms. The second kappa shape index (κ2) is 7.51. The van der Waals surface area contributed by atoms with E-state index in [4.69, 9.17) is 11.6 Å². The Morgan fingerprint density at radius 2 is 2.00 bits per heavy atom. The van der Waals surface area contributed by atoms with Crippen molar-refractivity contribution in [2.75, 3.05) is 5.32 Å². The number of benzene rings is 2. The maximum absolute atomic E-state index is 12.3. The van der Waals surface area contributed by atoms with Gasteiger partial charge < -0.3 is 5.32 Å². The second-order valence-corrected chi connectivity index (χ2v) is 6.81. The lowest BCUT2D eigenvalue weighted by atomic mass is 10.3. The van der Waals surface area contributed by atoms with Gasteiger partial charge >= 0.3 is 0 Å². The Bertz CT molecular complexity index is 837. The summed E-state index contributed by atoms with van der Waals surface area (Å²) in [6, 6.07) is 16.8. The molecule has 0 aliphatic heterocycles. The van der Waals surface area contributed by atoms with E-state index in [9.17, 15) is 4.79 Å². The zero-order valence-corrected chi connectivity index (χ0v) is 14.5. The lowest BCUT2D eigenvalue weighted by molar-refractivity contribution is -0.115. The first-order chi connectivity index (χ1) is 11.6. The molecule has 0 saturated heterocycles. The van der Waals surface area contributed by atoms with Crippen LogP contribution in [0.4, 0.5) is 5.69 Å². The average Bonchev–Trinajstić information content (AvgIpc) is 3.04. The van der Waals surface area contributed by atoms with E-state index in [-0.39, 0.29) is 11.2 Å². The Morgan fingerprint density at radius 1 is 1.21 bits per heavy atom. The molecule has 0 spiro atoms. The van der Waals surface area contributed by atoms with Gasteiger partial charge in [-0.1, -0.05) is 47.6 Å². The number of hydrogen-bond donors (Lipinski definition) is 1. The summed E-state index contributed by atoms with van der Waals surface area (Å²) >= 11 is 7.22. The molecule has 0 saturated carbocycles. The molecule has 3 rings (SSSR count). The van der Waals surface area contributed by atoms with Gasteiger partial charge in [0.1, 0.15) is 6.33 Å². The minimum atomic E-state index is -0.337. The first-order valence-electron chi connectivity index (χ1n) is 7.32. The monoisotopic (exact) mass is 358 g/mol. The van der Waals surface area contributed by atoms with Crippen LogP contribution in [0.25, 0.3) is 5.69 Å². The standard InChI is InChI=1S/C17H15ClN4OS/c1-12(16(23)20-14-7-5-6-13(18)10-14)24-17-19-11-22(21-17)15-8-3-2-4-9-15/h2-12H,1H3,(H,20,23)/t12-/m1/s1. The van der Waals surface area contributed by atoms with Crippen LogP contribution in [0.2, 0.25) is 5.02 Å². The smallest absolute Gasteiger partial charge is 0.237 e. The van der Waals surface area contributed by atoms with Crippen molar-refractivity contribution >= 4 is 35.0 Å². The molecule has 24 heavy (non-hydrogen) atoms. The molecular weight excluding hydrogens is 344 g/mol. The van der Waals surface area contributed by atoms with Gasteiger partial charge in [0.2, 0.25) is 11.1 Å². The van der Waals surface area contributed by atoms with Gasteiger partial charge in [-0.2, -0.15) is 0 Å². The second-order valence-electron chi connectivity index (χ2n) is 5.07. The molecule has 0 fully saturated rings. The zero-order valence-electron chi connectivity index (χ0n) is 12.9. The quantitative estimate of drug-likeness (QED) is 0.699. The minimum absolute atomic E-state index is 0.127. The van der Waals surface area contributed by atoms with Crippen LogP contribution in [0.1, 0.15) is 6.92 Å². The normalized spacial score (nSPS) is 11.9. The third-order valence-corrected chi connectivity index (χ3v) is 4.44. The maximum atomic E-state index is 12.3. The van der Waals surface area contributed by atoms with E-state index in [2.05, 4.69) is 15.4 Å². The molecule has 0 aliphatic rings. The van der Waals surface area contributed by atoms with E-state index in [1.54, 1.807) is 35.3 Å². The highest BCUT2D eigenvalue weighted by Crippen LogP contribution is 2.22. The molecule has 122 valence electrons. The number of nitrogens with one attached hydrogen (secondary N) is 1. The van der Waals surface area contributed by atoms with Gasteiger partial charge in [-0.3, -0.25) is 4.79 Å². The van der Waals surface area contributed by atoms with Crippen molar-refractivity contribution in [1.29, 1.82) is 0 Å². The zero-order chi connectivity index (χ0) is 16.9. The molecule has 5 nitrogen and oxygen atoms in total. The molecule has 1 atom stereocenters. The predicted molar refractivity (Wildman–Crippen MR) is 96.8 cm³/mol. The number of amides is 1. The number of carbonyl (C=O) groups excluding carboxylic acids is 1. The fraction of sp³-hybridized carbons (Fsp3) is 0.118. The molecule has 1 aromatic heterocycles. The van der Waals surface area contributed by atoms with Crippen molar-refractivity contribution in [3.05, 3.63) is 65.9 Å². The van der Waals surface area contributed by atoms with Crippen LogP contribution in [0.15, 0.2) is 66.1 Å². The van der Waals surface area contributed by atoms with E-state index in [1.165, 1.54) is 11.8 Å². The van der Waals surface area contributed by atoms with Gasteiger partial charge in [-0.25, -0.2) is 9.67 Å².